The van der Waals surface area contributed by atoms with Crippen LogP contribution in [-0.2, 0) is 10.0 Å². The molecule has 1 aromatic rings. The molecule has 0 bridgehead atoms. The fraction of sp³-hybridized carbons (Fsp3) is 0.500. The zero-order chi connectivity index (χ0) is 15.2. The fourth-order valence-electron chi connectivity index (χ4n) is 2.95. The number of nitrogens with one attached hydrogen (secondary N) is 1. The minimum atomic E-state index is -3.80. The minimum absolute atomic E-state index is 0.237. The molecule has 0 radical (unpaired) electrons. The van der Waals surface area contributed by atoms with Crippen LogP contribution in [-0.4, -0.2) is 43.8 Å². The lowest BCUT2D eigenvalue weighted by Crippen LogP contribution is -2.32. The van der Waals surface area contributed by atoms with Gasteiger partial charge in [-0.05, 0) is 31.0 Å². The molecule has 0 saturated carbocycles. The summed E-state index contributed by atoms with van der Waals surface area (Å²) in [6, 6.07) is 2.70. The quantitative estimate of drug-likeness (QED) is 0.650. The van der Waals surface area contributed by atoms with E-state index in [9.17, 15) is 22.9 Å². The number of fused-ring (bicyclic) bond motifs is 1. The van der Waals surface area contributed by atoms with Crippen molar-refractivity contribution >= 4 is 15.7 Å². The van der Waals surface area contributed by atoms with Gasteiger partial charge in [-0.3, -0.25) is 10.1 Å². The molecule has 114 valence electrons. The van der Waals surface area contributed by atoms with Gasteiger partial charge in [-0.15, -0.1) is 0 Å². The molecule has 2 saturated heterocycles. The van der Waals surface area contributed by atoms with Gasteiger partial charge in [0.1, 0.15) is 0 Å². The third kappa shape index (κ3) is 2.41. The van der Waals surface area contributed by atoms with Crippen molar-refractivity contribution in [2.24, 2.45) is 11.8 Å². The molecule has 2 unspecified atom stereocenters. The van der Waals surface area contributed by atoms with Gasteiger partial charge in [0.05, 0.1) is 9.82 Å². The maximum atomic E-state index is 13.6. The standard InChI is InChI=1S/C12H14FN3O4S/c13-11-3-10(1-2-12(11)16(17)18)21(19,20)15-6-8-4-14-5-9(8)7-15/h1-3,8-9,14H,4-7H2. The van der Waals surface area contributed by atoms with E-state index >= 15 is 0 Å². The number of hydrogen-bond donors (Lipinski definition) is 1. The number of nitro benzene ring substituents is 1. The monoisotopic (exact) mass is 315 g/mol. The summed E-state index contributed by atoms with van der Waals surface area (Å²) in [5.41, 5.74) is -0.726. The van der Waals surface area contributed by atoms with Gasteiger partial charge >= 0.3 is 5.69 Å². The van der Waals surface area contributed by atoms with E-state index in [4.69, 9.17) is 0 Å². The minimum Gasteiger partial charge on any atom is -0.316 e. The summed E-state index contributed by atoms with van der Waals surface area (Å²) in [6.45, 7) is 2.37. The predicted molar refractivity (Wildman–Crippen MR) is 71.7 cm³/mol. The van der Waals surface area contributed by atoms with E-state index in [1.54, 1.807) is 0 Å². The molecule has 7 nitrogen and oxygen atoms in total. The van der Waals surface area contributed by atoms with Gasteiger partial charge in [0.15, 0.2) is 0 Å². The average molecular weight is 315 g/mol. The zero-order valence-corrected chi connectivity index (χ0v) is 11.8. The summed E-state index contributed by atoms with van der Waals surface area (Å²) in [5, 5.41) is 13.8. The number of nitro groups is 1. The second-order valence-corrected chi connectivity index (χ2v) is 7.31. The molecule has 2 fully saturated rings. The lowest BCUT2D eigenvalue weighted by molar-refractivity contribution is -0.387. The van der Waals surface area contributed by atoms with Gasteiger partial charge in [-0.2, -0.15) is 8.70 Å². The van der Waals surface area contributed by atoms with E-state index in [1.807, 2.05) is 0 Å². The molecule has 0 spiro atoms. The number of rotatable bonds is 3. The molecule has 21 heavy (non-hydrogen) atoms. The number of nitrogens with zero attached hydrogens (tertiary/aromatic N) is 2. The highest BCUT2D eigenvalue weighted by Crippen LogP contribution is 2.31. The van der Waals surface area contributed by atoms with Crippen molar-refractivity contribution in [3.05, 3.63) is 34.1 Å². The van der Waals surface area contributed by atoms with E-state index in [-0.39, 0.29) is 16.7 Å². The first-order valence-corrected chi connectivity index (χ1v) is 7.98. The summed E-state index contributed by atoms with van der Waals surface area (Å²) in [7, 11) is -3.80. The van der Waals surface area contributed by atoms with E-state index in [0.717, 1.165) is 31.3 Å². The topological polar surface area (TPSA) is 92.5 Å². The van der Waals surface area contributed by atoms with E-state index in [2.05, 4.69) is 5.32 Å². The van der Waals surface area contributed by atoms with Gasteiger partial charge < -0.3 is 5.32 Å². The van der Waals surface area contributed by atoms with Crippen molar-refractivity contribution in [2.75, 3.05) is 26.2 Å². The maximum absolute atomic E-state index is 13.6. The molecule has 0 aromatic heterocycles. The van der Waals surface area contributed by atoms with Crippen molar-refractivity contribution in [3.8, 4) is 0 Å². The highest BCUT2D eigenvalue weighted by Gasteiger charge is 2.41. The Labute approximate surface area is 120 Å². The van der Waals surface area contributed by atoms with Gasteiger partial charge in [0, 0.05) is 25.2 Å². The zero-order valence-electron chi connectivity index (χ0n) is 11.0. The summed E-state index contributed by atoms with van der Waals surface area (Å²) in [4.78, 5) is 9.46. The molecule has 1 aromatic carbocycles. The van der Waals surface area contributed by atoms with Crippen LogP contribution in [0.25, 0.3) is 0 Å². The van der Waals surface area contributed by atoms with Crippen LogP contribution in [0.4, 0.5) is 10.1 Å². The van der Waals surface area contributed by atoms with E-state index < -0.39 is 26.5 Å². The normalized spacial score (nSPS) is 26.0. The summed E-state index contributed by atoms with van der Waals surface area (Å²) < 4.78 is 39.9. The highest BCUT2D eigenvalue weighted by molar-refractivity contribution is 7.89. The molecule has 2 heterocycles. The van der Waals surface area contributed by atoms with Crippen molar-refractivity contribution in [1.82, 2.24) is 9.62 Å². The van der Waals surface area contributed by atoms with E-state index in [1.165, 1.54) is 4.31 Å². The highest BCUT2D eigenvalue weighted by atomic mass is 32.2. The first kappa shape index (κ1) is 14.4. The molecule has 3 rings (SSSR count). The van der Waals surface area contributed by atoms with Crippen molar-refractivity contribution < 1.29 is 17.7 Å². The van der Waals surface area contributed by atoms with Crippen molar-refractivity contribution in [3.63, 3.8) is 0 Å². The van der Waals surface area contributed by atoms with Crippen LogP contribution in [0.5, 0.6) is 0 Å². The number of sulfonamides is 1. The Bertz CT molecular complexity index is 682. The molecule has 0 aliphatic carbocycles. The van der Waals surface area contributed by atoms with Crippen LogP contribution in [0, 0.1) is 27.8 Å². The molecular formula is C12H14FN3O4S. The number of hydrogen-bond acceptors (Lipinski definition) is 5. The predicted octanol–water partition coefficient (Wildman–Crippen LogP) is 0.574. The average Bonchev–Trinajstić information content (AvgIpc) is 2.98. The van der Waals surface area contributed by atoms with E-state index in [0.29, 0.717) is 13.1 Å². The lowest BCUT2D eigenvalue weighted by Gasteiger charge is -2.17. The Morgan fingerprint density at radius 1 is 1.29 bits per heavy atom. The molecule has 1 N–H and O–H groups in total. The Hall–Kier alpha value is -1.58. The van der Waals surface area contributed by atoms with Crippen LogP contribution in [0.1, 0.15) is 0 Å². The van der Waals surface area contributed by atoms with Crippen molar-refractivity contribution in [1.29, 1.82) is 0 Å². The smallest absolute Gasteiger partial charge is 0.304 e. The third-order valence-electron chi connectivity index (χ3n) is 4.11. The molecule has 0 amide bonds. The Kier molecular flexibility index (Phi) is 3.42. The number of halogens is 1. The molecular weight excluding hydrogens is 301 g/mol. The largest absolute Gasteiger partial charge is 0.316 e. The number of benzene rings is 1. The van der Waals surface area contributed by atoms with Crippen LogP contribution in [0.2, 0.25) is 0 Å². The Morgan fingerprint density at radius 3 is 2.43 bits per heavy atom. The summed E-state index contributed by atoms with van der Waals surface area (Å²) >= 11 is 0. The first-order chi connectivity index (χ1) is 9.89. The van der Waals surface area contributed by atoms with Crippen LogP contribution >= 0.6 is 0 Å². The lowest BCUT2D eigenvalue weighted by atomic mass is 10.0. The fourth-order valence-corrected chi connectivity index (χ4v) is 4.52. The summed E-state index contributed by atoms with van der Waals surface area (Å²) in [6.07, 6.45) is 0. The molecule has 2 atom stereocenters. The van der Waals surface area contributed by atoms with Gasteiger partial charge in [0.25, 0.3) is 0 Å². The van der Waals surface area contributed by atoms with Crippen molar-refractivity contribution in [2.45, 2.75) is 4.90 Å². The van der Waals surface area contributed by atoms with Crippen LogP contribution in [0.3, 0.4) is 0 Å². The Balaban J connectivity index is 1.89. The SMILES string of the molecule is O=[N+]([O-])c1ccc(S(=O)(=O)N2CC3CNCC3C2)cc1F. The second kappa shape index (κ2) is 5.00. The van der Waals surface area contributed by atoms with Crippen LogP contribution in [0.15, 0.2) is 23.1 Å². The first-order valence-electron chi connectivity index (χ1n) is 6.54. The Morgan fingerprint density at radius 2 is 1.90 bits per heavy atom. The van der Waals surface area contributed by atoms with Gasteiger partial charge in [-0.1, -0.05) is 0 Å². The second-order valence-electron chi connectivity index (χ2n) is 5.37. The van der Waals surface area contributed by atoms with Crippen LogP contribution < -0.4 is 5.32 Å². The van der Waals surface area contributed by atoms with Gasteiger partial charge in [0.2, 0.25) is 15.8 Å². The molecule has 9 heteroatoms. The summed E-state index contributed by atoms with van der Waals surface area (Å²) in [5.74, 6) is -0.576. The maximum Gasteiger partial charge on any atom is 0.304 e. The third-order valence-corrected chi connectivity index (χ3v) is 5.94. The molecule has 2 aliphatic heterocycles. The van der Waals surface area contributed by atoms with Gasteiger partial charge in [-0.25, -0.2) is 8.42 Å². The molecule has 2 aliphatic rings.